The van der Waals surface area contributed by atoms with Crippen LogP contribution in [-0.4, -0.2) is 12.2 Å². The van der Waals surface area contributed by atoms with Crippen LogP contribution in [-0.2, 0) is 0 Å². The molecular formula is C66H77NP2. The Kier molecular flexibility index (Phi) is 31.1. The smallest absolute Gasteiger partial charge is 0.0328 e. The van der Waals surface area contributed by atoms with E-state index < -0.39 is 0 Å². The van der Waals surface area contributed by atoms with Gasteiger partial charge in [-0.1, -0.05) is 268 Å². The zero-order valence-electron chi connectivity index (χ0n) is 42.2. The van der Waals surface area contributed by atoms with Crippen molar-refractivity contribution >= 4 is 22.7 Å². The first kappa shape index (κ1) is 57.0. The fourth-order valence-corrected chi connectivity index (χ4v) is 8.86. The molecule has 4 aromatic carbocycles. The Morgan fingerprint density at radius 3 is 1.86 bits per heavy atom. The van der Waals surface area contributed by atoms with Gasteiger partial charge < -0.3 is 5.32 Å². The average Bonchev–Trinajstić information content (AvgIpc) is 3.65. The van der Waals surface area contributed by atoms with E-state index in [1.54, 1.807) is 0 Å². The summed E-state index contributed by atoms with van der Waals surface area (Å²) in [6.45, 7) is 17.2. The summed E-state index contributed by atoms with van der Waals surface area (Å²) in [5.74, 6) is 2.25. The number of hydrogen-bond acceptors (Lipinski definition) is 1. The van der Waals surface area contributed by atoms with Crippen molar-refractivity contribution in [3.8, 4) is 22.3 Å². The number of nitrogens with one attached hydrogen (secondary N) is 1. The molecule has 4 aromatic rings. The average molecular weight is 946 g/mol. The summed E-state index contributed by atoms with van der Waals surface area (Å²) in [6.07, 6.45) is 50.6. The van der Waals surface area contributed by atoms with E-state index >= 15 is 0 Å². The fraction of sp³-hybridized carbons (Fsp3) is 0.197. The molecule has 0 aliphatic heterocycles. The third-order valence-corrected chi connectivity index (χ3v) is 13.1. The molecule has 0 radical (unpaired) electrons. The van der Waals surface area contributed by atoms with Crippen LogP contribution in [0.5, 0.6) is 0 Å². The standard InChI is InChI=1S/C46H57NP2.C18H14.C2H6/c1-6-10-30-45(49-46-32-22-29-43(34-36-46)42-27-17-16-18-28-42)31-21-25-41(9-4)26-23-38-47-37-19-14-12-11-13-15-20-39-48-44(24-7-2)35-33-40(5)8-3;1-3-7-15(8-4-1)17-11-13-18(14-12-17)16-9-5-2-6-10-16;1-2/h6,8-9,12-21,23-24,26-35,37,39,46-49H,1,7,10-11,25,36,38H2,2-5H3;1-14H;1-2H3/b14-12-,15-13-,26-23-,31-21-,35-33-,37-19+,39-20-,40-8+,41-9-,44-24+,45-30?;;. The lowest BCUT2D eigenvalue weighted by Gasteiger charge is -2.11. The van der Waals surface area contributed by atoms with Crippen molar-refractivity contribution < 1.29 is 0 Å². The molecule has 3 atom stereocenters. The number of benzene rings is 4. The van der Waals surface area contributed by atoms with Crippen molar-refractivity contribution in [2.45, 2.75) is 79.3 Å². The van der Waals surface area contributed by atoms with Gasteiger partial charge in [0.15, 0.2) is 0 Å². The van der Waals surface area contributed by atoms with E-state index in [0.29, 0.717) is 22.8 Å². The molecule has 1 aliphatic carbocycles. The molecule has 3 heteroatoms. The van der Waals surface area contributed by atoms with E-state index in [-0.39, 0.29) is 0 Å². The van der Waals surface area contributed by atoms with Gasteiger partial charge in [0.05, 0.1) is 0 Å². The molecule has 5 rings (SSSR count). The monoisotopic (exact) mass is 946 g/mol. The van der Waals surface area contributed by atoms with E-state index in [0.717, 1.165) is 38.6 Å². The third-order valence-electron chi connectivity index (χ3n) is 10.5. The Hall–Kier alpha value is -6.32. The summed E-state index contributed by atoms with van der Waals surface area (Å²) in [5.41, 5.74) is 14.0. The first-order chi connectivity index (χ1) is 34.0. The SMILES string of the molecule is C=CCC=C(/C=C\CC(/C=C\CN/C=C/C=C\C/C=C\C=C/PC(/C=C\C(C)=C\C)=C/CC)=C/C)PC1C=C=CC(c2ccccc2)=CC1.CC.c1ccc(-c2ccc(-c3ccccc3)cc2)cc1. The molecule has 0 saturated heterocycles. The Bertz CT molecular complexity index is 2430. The number of allylic oxidation sites excluding steroid dienone is 23. The summed E-state index contributed by atoms with van der Waals surface area (Å²) < 4.78 is 0. The highest BCUT2D eigenvalue weighted by Crippen LogP contribution is 2.36. The van der Waals surface area contributed by atoms with Gasteiger partial charge >= 0.3 is 0 Å². The van der Waals surface area contributed by atoms with Crippen LogP contribution < -0.4 is 5.32 Å². The van der Waals surface area contributed by atoms with Crippen LogP contribution in [0.2, 0.25) is 0 Å². The lowest BCUT2D eigenvalue weighted by Crippen LogP contribution is -2.03. The zero-order valence-corrected chi connectivity index (χ0v) is 44.2. The van der Waals surface area contributed by atoms with Crippen LogP contribution in [0.15, 0.2) is 283 Å². The Morgan fingerprint density at radius 1 is 0.652 bits per heavy atom. The minimum Gasteiger partial charge on any atom is -0.387 e. The molecule has 0 bridgehead atoms. The van der Waals surface area contributed by atoms with Gasteiger partial charge in [0.25, 0.3) is 0 Å². The fourth-order valence-electron chi connectivity index (χ4n) is 6.66. The molecule has 0 aromatic heterocycles. The third kappa shape index (κ3) is 25.0. The lowest BCUT2D eigenvalue weighted by molar-refractivity contribution is 0.983. The predicted molar refractivity (Wildman–Crippen MR) is 316 cm³/mol. The van der Waals surface area contributed by atoms with Crippen LogP contribution in [0.1, 0.15) is 79.2 Å². The van der Waals surface area contributed by atoms with Gasteiger partial charge in [0.2, 0.25) is 0 Å². The van der Waals surface area contributed by atoms with Gasteiger partial charge in [0.1, 0.15) is 0 Å². The van der Waals surface area contributed by atoms with Crippen molar-refractivity contribution in [3.05, 3.63) is 288 Å². The first-order valence-corrected chi connectivity index (χ1v) is 26.8. The minimum atomic E-state index is 0.458. The predicted octanol–water partition coefficient (Wildman–Crippen LogP) is 19.8. The molecule has 1 N–H and O–H groups in total. The number of rotatable bonds is 23. The van der Waals surface area contributed by atoms with Gasteiger partial charge in [0, 0.05) is 12.2 Å². The van der Waals surface area contributed by atoms with Crippen molar-refractivity contribution in [3.63, 3.8) is 0 Å². The molecule has 0 spiro atoms. The largest absolute Gasteiger partial charge is 0.387 e. The van der Waals surface area contributed by atoms with E-state index in [1.165, 1.54) is 55.2 Å². The molecule has 1 aliphatic rings. The lowest BCUT2D eigenvalue weighted by atomic mass is 10.0. The number of hydrogen-bond donors (Lipinski definition) is 1. The summed E-state index contributed by atoms with van der Waals surface area (Å²) in [6, 6.07) is 40.2. The van der Waals surface area contributed by atoms with Crippen LogP contribution in [0, 0.1) is 0 Å². The highest BCUT2D eigenvalue weighted by atomic mass is 31.1. The Morgan fingerprint density at radius 2 is 1.26 bits per heavy atom. The quantitative estimate of drug-likeness (QED) is 0.0257. The summed E-state index contributed by atoms with van der Waals surface area (Å²) in [4.78, 5) is 0. The van der Waals surface area contributed by atoms with E-state index in [1.807, 2.05) is 38.3 Å². The second-order valence-corrected chi connectivity index (χ2v) is 18.5. The second-order valence-electron chi connectivity index (χ2n) is 15.7. The van der Waals surface area contributed by atoms with Crippen LogP contribution in [0.25, 0.3) is 27.8 Å². The molecule has 3 unspecified atom stereocenters. The highest BCUT2D eigenvalue weighted by molar-refractivity contribution is 7.46. The molecular weight excluding hydrogens is 869 g/mol. The molecule has 69 heavy (non-hydrogen) atoms. The maximum absolute atomic E-state index is 3.92. The van der Waals surface area contributed by atoms with Crippen molar-refractivity contribution in [2.24, 2.45) is 0 Å². The maximum atomic E-state index is 3.92. The Labute approximate surface area is 422 Å². The molecule has 0 saturated carbocycles. The molecule has 0 fully saturated rings. The van der Waals surface area contributed by atoms with Gasteiger partial charge in [-0.3, -0.25) is 0 Å². The molecule has 0 amide bonds. The zero-order chi connectivity index (χ0) is 49.4. The van der Waals surface area contributed by atoms with Gasteiger partial charge in [-0.25, -0.2) is 0 Å². The van der Waals surface area contributed by atoms with Crippen molar-refractivity contribution in [1.82, 2.24) is 5.32 Å². The van der Waals surface area contributed by atoms with Gasteiger partial charge in [-0.15, -0.1) is 12.3 Å². The topological polar surface area (TPSA) is 12.0 Å². The second kappa shape index (κ2) is 37.6. The normalized spacial score (nSPS) is 15.1. The minimum absolute atomic E-state index is 0.458. The summed E-state index contributed by atoms with van der Waals surface area (Å²) in [5, 5.41) is 6.11. The van der Waals surface area contributed by atoms with Crippen LogP contribution in [0.4, 0.5) is 0 Å². The highest BCUT2D eigenvalue weighted by Gasteiger charge is 2.09. The van der Waals surface area contributed by atoms with Gasteiger partial charge in [-0.05, 0) is 127 Å². The Balaban J connectivity index is 0.000000516. The maximum Gasteiger partial charge on any atom is 0.0328 e. The summed E-state index contributed by atoms with van der Waals surface area (Å²) in [7, 11) is 1.39. The van der Waals surface area contributed by atoms with E-state index in [9.17, 15) is 0 Å². The molecule has 1 nitrogen and oxygen atoms in total. The molecule has 0 heterocycles. The van der Waals surface area contributed by atoms with Crippen molar-refractivity contribution in [2.75, 3.05) is 6.54 Å². The molecule has 356 valence electrons. The van der Waals surface area contributed by atoms with Gasteiger partial charge in [-0.2, -0.15) is 0 Å². The van der Waals surface area contributed by atoms with E-state index in [4.69, 9.17) is 0 Å². The van der Waals surface area contributed by atoms with Crippen molar-refractivity contribution in [1.29, 1.82) is 0 Å². The van der Waals surface area contributed by atoms with E-state index in [2.05, 4.69) is 270 Å². The van der Waals surface area contributed by atoms with Crippen LogP contribution in [0.3, 0.4) is 0 Å². The summed E-state index contributed by atoms with van der Waals surface area (Å²) >= 11 is 0. The first-order valence-electron chi connectivity index (χ1n) is 24.6. The van der Waals surface area contributed by atoms with Crippen LogP contribution >= 0.6 is 17.2 Å².